The molecule has 1 N–H and O–H groups in total. The van der Waals surface area contributed by atoms with Gasteiger partial charge in [0.2, 0.25) is 0 Å². The minimum Gasteiger partial charge on any atom is -0.367 e. The number of amides is 1. The predicted molar refractivity (Wildman–Crippen MR) is 154 cm³/mol. The molecule has 0 bridgehead atoms. The van der Waals surface area contributed by atoms with Gasteiger partial charge in [-0.05, 0) is 48.2 Å². The van der Waals surface area contributed by atoms with E-state index in [0.717, 1.165) is 24.0 Å². The summed E-state index contributed by atoms with van der Waals surface area (Å²) in [6, 6.07) is 17.8. The number of hydrogen-bond donors (Lipinski definition) is 1. The monoisotopic (exact) mass is 546 g/mol. The Hall–Kier alpha value is -3.74. The molecule has 0 radical (unpaired) electrons. The van der Waals surface area contributed by atoms with Crippen LogP contribution in [0.15, 0.2) is 64.3 Å². The molecule has 0 atom stereocenters. The number of aromatic nitrogens is 1. The first-order valence-corrected chi connectivity index (χ1v) is 13.5. The van der Waals surface area contributed by atoms with Crippen LogP contribution >= 0.6 is 24.0 Å². The topological polar surface area (TPSA) is 78.1 Å². The minimum absolute atomic E-state index is 0.0412. The lowest BCUT2D eigenvalue weighted by molar-refractivity contribution is -0.122. The molecule has 194 valence electrons. The molecule has 1 aliphatic heterocycles. The van der Waals surface area contributed by atoms with Crippen molar-refractivity contribution in [2.24, 2.45) is 0 Å². The fourth-order valence-corrected chi connectivity index (χ4v) is 5.44. The fourth-order valence-electron chi connectivity index (χ4n) is 4.20. The van der Waals surface area contributed by atoms with Crippen LogP contribution in [0.25, 0.3) is 6.08 Å². The largest absolute Gasteiger partial charge is 0.367 e. The maximum Gasteiger partial charge on any atom is 0.270 e. The highest BCUT2D eigenvalue weighted by molar-refractivity contribution is 8.26. The average Bonchev–Trinajstić information content (AvgIpc) is 3.18. The lowest BCUT2D eigenvalue weighted by Gasteiger charge is -2.20. The van der Waals surface area contributed by atoms with Crippen molar-refractivity contribution in [1.29, 1.82) is 5.26 Å². The van der Waals surface area contributed by atoms with E-state index in [1.54, 1.807) is 34.6 Å². The van der Waals surface area contributed by atoms with Gasteiger partial charge in [-0.15, -0.1) is 0 Å². The van der Waals surface area contributed by atoms with Crippen molar-refractivity contribution in [2.75, 3.05) is 5.32 Å². The average molecular weight is 547 g/mol. The Labute approximate surface area is 230 Å². The smallest absolute Gasteiger partial charge is 0.270 e. The number of hydrogen-bond acceptors (Lipinski definition) is 6. The second-order valence-electron chi connectivity index (χ2n) is 8.92. The van der Waals surface area contributed by atoms with Crippen molar-refractivity contribution >= 4 is 46.1 Å². The number of nitriles is 1. The van der Waals surface area contributed by atoms with E-state index in [1.165, 1.54) is 23.9 Å². The molecular weight excluding hydrogens is 519 g/mol. The first-order valence-electron chi connectivity index (χ1n) is 12.3. The van der Waals surface area contributed by atoms with E-state index in [4.69, 9.17) is 12.2 Å². The first-order chi connectivity index (χ1) is 18.3. The van der Waals surface area contributed by atoms with E-state index in [9.17, 15) is 19.2 Å². The second kappa shape index (κ2) is 12.2. The van der Waals surface area contributed by atoms with Gasteiger partial charge < -0.3 is 5.32 Å². The van der Waals surface area contributed by atoms with Crippen molar-refractivity contribution in [2.45, 2.75) is 46.3 Å². The van der Waals surface area contributed by atoms with Crippen LogP contribution in [0.1, 0.15) is 47.6 Å². The molecule has 0 saturated carbocycles. The number of pyridine rings is 1. The normalized spacial score (nSPS) is 14.3. The van der Waals surface area contributed by atoms with E-state index in [2.05, 4.69) is 11.4 Å². The zero-order valence-electron chi connectivity index (χ0n) is 21.2. The summed E-state index contributed by atoms with van der Waals surface area (Å²) in [6.07, 6.45) is 3.31. The zero-order chi connectivity index (χ0) is 27.2. The summed E-state index contributed by atoms with van der Waals surface area (Å²) in [5, 5.41) is 13.1. The lowest BCUT2D eigenvalue weighted by Crippen LogP contribution is -2.28. The molecule has 9 heteroatoms. The molecule has 0 aliphatic carbocycles. The number of nitrogens with zero attached hydrogens (tertiary/aromatic N) is 3. The zero-order valence-corrected chi connectivity index (χ0v) is 22.8. The highest BCUT2D eigenvalue weighted by atomic mass is 32.2. The van der Waals surface area contributed by atoms with Crippen LogP contribution in [-0.4, -0.2) is 19.7 Å². The predicted octanol–water partition coefficient (Wildman–Crippen LogP) is 5.98. The van der Waals surface area contributed by atoms with Crippen LogP contribution in [0.5, 0.6) is 0 Å². The highest BCUT2D eigenvalue weighted by Crippen LogP contribution is 2.36. The Morgan fingerprint density at radius 2 is 1.82 bits per heavy atom. The van der Waals surface area contributed by atoms with Gasteiger partial charge in [0.25, 0.3) is 11.5 Å². The van der Waals surface area contributed by atoms with Crippen molar-refractivity contribution in [3.63, 3.8) is 0 Å². The van der Waals surface area contributed by atoms with Crippen LogP contribution < -0.4 is 10.9 Å². The molecule has 0 spiro atoms. The maximum absolute atomic E-state index is 13.4. The summed E-state index contributed by atoms with van der Waals surface area (Å²) in [7, 11) is 0. The van der Waals surface area contributed by atoms with Crippen LogP contribution in [0.3, 0.4) is 0 Å². The number of nitrogens with one attached hydrogen (secondary N) is 1. The Balaban J connectivity index is 1.78. The molecule has 3 aromatic rings. The molecule has 2 heterocycles. The van der Waals surface area contributed by atoms with Gasteiger partial charge in [0.1, 0.15) is 27.6 Å². The Bertz CT molecular complexity index is 1490. The standard InChI is InChI=1S/C29H27FN4O2S2/c1-3-4-14-33-26(32-17-20-10-12-22(30)13-11-20)23(19(2)24(16-31)27(33)35)15-25-28(36)34(29(37)38-25)18-21-8-6-5-7-9-21/h5-13,15,32H,3-4,14,17-18H2,1-2H3/b25-15+. The van der Waals surface area contributed by atoms with Crippen molar-refractivity contribution in [3.05, 3.63) is 103 Å². The quantitative estimate of drug-likeness (QED) is 0.263. The second-order valence-corrected chi connectivity index (χ2v) is 10.6. The van der Waals surface area contributed by atoms with E-state index in [0.29, 0.717) is 45.8 Å². The third-order valence-corrected chi connectivity index (χ3v) is 7.69. The molecule has 1 amide bonds. The summed E-state index contributed by atoms with van der Waals surface area (Å²) < 4.78 is 15.4. The third-order valence-electron chi connectivity index (χ3n) is 6.32. The van der Waals surface area contributed by atoms with Crippen LogP contribution in [0.2, 0.25) is 0 Å². The summed E-state index contributed by atoms with van der Waals surface area (Å²) in [4.78, 5) is 28.7. The van der Waals surface area contributed by atoms with Crippen LogP contribution in [0.4, 0.5) is 10.2 Å². The number of benzene rings is 2. The number of carbonyl (C=O) groups excluding carboxylic acids is 1. The molecule has 38 heavy (non-hydrogen) atoms. The van der Waals surface area contributed by atoms with Crippen molar-refractivity contribution in [3.8, 4) is 6.07 Å². The van der Waals surface area contributed by atoms with Crippen molar-refractivity contribution in [1.82, 2.24) is 9.47 Å². The van der Waals surface area contributed by atoms with Crippen LogP contribution in [-0.2, 0) is 24.4 Å². The first kappa shape index (κ1) is 27.3. The third kappa shape index (κ3) is 5.87. The van der Waals surface area contributed by atoms with Gasteiger partial charge in [0, 0.05) is 18.7 Å². The Morgan fingerprint density at radius 1 is 1.11 bits per heavy atom. The van der Waals surface area contributed by atoms with Crippen LogP contribution in [0, 0.1) is 24.1 Å². The van der Waals surface area contributed by atoms with Gasteiger partial charge in [0.15, 0.2) is 0 Å². The molecule has 0 unspecified atom stereocenters. The molecule has 1 aliphatic rings. The summed E-state index contributed by atoms with van der Waals surface area (Å²) >= 11 is 6.73. The highest BCUT2D eigenvalue weighted by Gasteiger charge is 2.33. The van der Waals surface area contributed by atoms with E-state index in [1.807, 2.05) is 37.3 Å². The number of anilines is 1. The van der Waals surface area contributed by atoms with Gasteiger partial charge in [-0.25, -0.2) is 4.39 Å². The molecule has 4 rings (SSSR count). The summed E-state index contributed by atoms with van der Waals surface area (Å²) in [5.41, 5.74) is 2.51. The molecule has 1 aromatic heterocycles. The minimum atomic E-state index is -0.381. The number of thioether (sulfide) groups is 1. The fraction of sp³-hybridized carbons (Fsp3) is 0.241. The molecule has 1 fully saturated rings. The Morgan fingerprint density at radius 3 is 2.47 bits per heavy atom. The van der Waals surface area contributed by atoms with E-state index < -0.39 is 0 Å². The number of carbonyl (C=O) groups is 1. The van der Waals surface area contributed by atoms with Gasteiger partial charge in [-0.2, -0.15) is 5.26 Å². The number of thiocarbonyl (C=S) groups is 1. The van der Waals surface area contributed by atoms with Gasteiger partial charge >= 0.3 is 0 Å². The van der Waals surface area contributed by atoms with Gasteiger partial charge in [-0.3, -0.25) is 19.1 Å². The molecular formula is C29H27FN4O2S2. The summed E-state index contributed by atoms with van der Waals surface area (Å²) in [6.45, 7) is 4.83. The van der Waals surface area contributed by atoms with Gasteiger partial charge in [0.05, 0.1) is 11.4 Å². The Kier molecular flexibility index (Phi) is 8.77. The SMILES string of the molecule is CCCCn1c(NCc2ccc(F)cc2)c(/C=C2/SC(=S)N(Cc3ccccc3)C2=O)c(C)c(C#N)c1=O. The molecule has 6 nitrogen and oxygen atoms in total. The molecule has 1 saturated heterocycles. The van der Waals surface area contributed by atoms with Crippen molar-refractivity contribution < 1.29 is 9.18 Å². The van der Waals surface area contributed by atoms with E-state index >= 15 is 0 Å². The summed E-state index contributed by atoms with van der Waals surface area (Å²) in [5.74, 6) is -0.0452. The number of halogens is 1. The molecule has 2 aromatic carbocycles. The lowest BCUT2D eigenvalue weighted by atomic mass is 10.0. The van der Waals surface area contributed by atoms with E-state index in [-0.39, 0.29) is 22.8 Å². The van der Waals surface area contributed by atoms with Gasteiger partial charge in [-0.1, -0.05) is 79.8 Å². The maximum atomic E-state index is 13.4. The number of unbranched alkanes of at least 4 members (excludes halogenated alkanes) is 1. The number of rotatable bonds is 9.